The Balaban J connectivity index is 1.35. The first kappa shape index (κ1) is 25.0. The zero-order valence-corrected chi connectivity index (χ0v) is 20.9. The Kier molecular flexibility index (Phi) is 8.61. The molecule has 1 aromatic heterocycles. The number of nitrogens with two attached hydrogens (primary N) is 1. The van der Waals surface area contributed by atoms with Crippen molar-refractivity contribution in [3.63, 3.8) is 0 Å². The van der Waals surface area contributed by atoms with E-state index in [1.54, 1.807) is 6.20 Å². The Hall–Kier alpha value is -3.09. The van der Waals surface area contributed by atoms with Crippen LogP contribution < -0.4 is 16.4 Å². The van der Waals surface area contributed by atoms with Crippen LogP contribution in [0.3, 0.4) is 0 Å². The van der Waals surface area contributed by atoms with Crippen molar-refractivity contribution in [1.29, 1.82) is 0 Å². The first-order valence-corrected chi connectivity index (χ1v) is 13.2. The number of piperidine rings is 1. The number of benzene rings is 1. The number of nitrogens with zero attached hydrogens (tertiary/aromatic N) is 2. The molecule has 0 radical (unpaired) electrons. The summed E-state index contributed by atoms with van der Waals surface area (Å²) in [5.41, 5.74) is 8.99. The lowest BCUT2D eigenvalue weighted by atomic mass is 9.87. The van der Waals surface area contributed by atoms with Crippen molar-refractivity contribution in [2.24, 2.45) is 11.7 Å². The maximum Gasteiger partial charge on any atom is 0.252 e. The Bertz CT molecular complexity index is 993. The molecule has 1 aliphatic carbocycles. The normalized spacial score (nSPS) is 17.2. The van der Waals surface area contributed by atoms with Crippen LogP contribution in [0.25, 0.3) is 0 Å². The number of anilines is 3. The summed E-state index contributed by atoms with van der Waals surface area (Å²) < 4.78 is 0. The Labute approximate surface area is 208 Å². The highest BCUT2D eigenvalue weighted by molar-refractivity contribution is 5.98. The predicted octanol–water partition coefficient (Wildman–Crippen LogP) is 5.42. The van der Waals surface area contributed by atoms with Gasteiger partial charge in [-0.15, -0.1) is 0 Å². The number of carbonyl (C=O) groups excluding carboxylic acids is 2. The average molecular weight is 478 g/mol. The number of pyridine rings is 1. The van der Waals surface area contributed by atoms with Gasteiger partial charge >= 0.3 is 0 Å². The van der Waals surface area contributed by atoms with Gasteiger partial charge < -0.3 is 21.3 Å². The average Bonchev–Trinajstić information content (AvgIpc) is 2.89. The van der Waals surface area contributed by atoms with Gasteiger partial charge in [-0.3, -0.25) is 9.59 Å². The molecule has 2 amide bonds. The van der Waals surface area contributed by atoms with Crippen LogP contribution in [0.5, 0.6) is 0 Å². The minimum Gasteiger partial charge on any atom is -0.384 e. The lowest BCUT2D eigenvalue weighted by Crippen LogP contribution is -2.37. The van der Waals surface area contributed by atoms with Gasteiger partial charge in [0.25, 0.3) is 5.91 Å². The summed E-state index contributed by atoms with van der Waals surface area (Å²) in [7, 11) is 0. The van der Waals surface area contributed by atoms with Crippen molar-refractivity contribution in [1.82, 2.24) is 9.88 Å². The molecule has 0 atom stereocenters. The molecule has 7 nitrogen and oxygen atoms in total. The fraction of sp³-hybridized carbons (Fsp3) is 0.536. The van der Waals surface area contributed by atoms with Gasteiger partial charge in [0.15, 0.2) is 0 Å². The number of amides is 2. The number of likely N-dealkylation sites (tertiary alicyclic amines) is 1. The maximum atomic E-state index is 11.9. The highest BCUT2D eigenvalue weighted by Crippen LogP contribution is 2.30. The second-order valence-corrected chi connectivity index (χ2v) is 9.95. The van der Waals surface area contributed by atoms with Crippen LogP contribution >= 0.6 is 0 Å². The van der Waals surface area contributed by atoms with Crippen molar-refractivity contribution in [3.05, 3.63) is 47.7 Å². The minimum atomic E-state index is -0.472. The predicted molar refractivity (Wildman–Crippen MR) is 141 cm³/mol. The zero-order chi connectivity index (χ0) is 24.6. The third-order valence-corrected chi connectivity index (χ3v) is 7.57. The minimum absolute atomic E-state index is 0.251. The standard InChI is InChI=1S/C28H39N5O2/c1-2-27(34)33-16-13-22(14-17-33)21-8-10-23(11-9-21)32-26-18-25(24(19-31-26)28(29)35)30-15-12-20-6-4-3-5-7-20/h8-11,18-20,22H,2-7,12-17H2,1H3,(H2,29,35)(H2,30,31,32). The van der Waals surface area contributed by atoms with Gasteiger partial charge in [0.1, 0.15) is 5.82 Å². The molecule has 2 aromatic rings. The number of hydrogen-bond acceptors (Lipinski definition) is 5. The van der Waals surface area contributed by atoms with Gasteiger partial charge in [0.2, 0.25) is 5.91 Å². The molecule has 35 heavy (non-hydrogen) atoms. The molecule has 2 fully saturated rings. The van der Waals surface area contributed by atoms with Crippen molar-refractivity contribution < 1.29 is 9.59 Å². The van der Waals surface area contributed by atoms with Crippen LogP contribution in [0.4, 0.5) is 17.2 Å². The summed E-state index contributed by atoms with van der Waals surface area (Å²) >= 11 is 0. The van der Waals surface area contributed by atoms with Gasteiger partial charge in [-0.2, -0.15) is 0 Å². The van der Waals surface area contributed by atoms with E-state index in [4.69, 9.17) is 5.73 Å². The van der Waals surface area contributed by atoms with E-state index in [1.165, 1.54) is 37.7 Å². The molecule has 7 heteroatoms. The summed E-state index contributed by atoms with van der Waals surface area (Å²) in [4.78, 5) is 30.2. The van der Waals surface area contributed by atoms with Crippen molar-refractivity contribution in [3.8, 4) is 0 Å². The van der Waals surface area contributed by atoms with E-state index in [0.29, 0.717) is 23.7 Å². The van der Waals surface area contributed by atoms with E-state index in [1.807, 2.05) is 17.9 Å². The molecular formula is C28H39N5O2. The number of hydrogen-bond donors (Lipinski definition) is 3. The quantitative estimate of drug-likeness (QED) is 0.448. The first-order valence-electron chi connectivity index (χ1n) is 13.2. The van der Waals surface area contributed by atoms with Gasteiger partial charge in [0, 0.05) is 44.0 Å². The van der Waals surface area contributed by atoms with Gasteiger partial charge in [-0.25, -0.2) is 4.98 Å². The molecule has 2 heterocycles. The van der Waals surface area contributed by atoms with E-state index >= 15 is 0 Å². The third-order valence-electron chi connectivity index (χ3n) is 7.57. The summed E-state index contributed by atoms with van der Waals surface area (Å²) in [5, 5.41) is 6.78. The van der Waals surface area contributed by atoms with E-state index in [0.717, 1.165) is 56.2 Å². The fourth-order valence-electron chi connectivity index (χ4n) is 5.43. The SMILES string of the molecule is CCC(=O)N1CCC(c2ccc(Nc3cc(NCCC4CCCCC4)c(C(N)=O)cn3)cc2)CC1. The number of aromatic nitrogens is 1. The molecule has 1 saturated heterocycles. The summed E-state index contributed by atoms with van der Waals surface area (Å²) in [5.74, 6) is 1.71. The van der Waals surface area contributed by atoms with E-state index < -0.39 is 5.91 Å². The Morgan fingerprint density at radius 3 is 2.43 bits per heavy atom. The highest BCUT2D eigenvalue weighted by Gasteiger charge is 2.23. The van der Waals surface area contributed by atoms with Crippen LogP contribution in [0.1, 0.15) is 86.6 Å². The largest absolute Gasteiger partial charge is 0.384 e. The van der Waals surface area contributed by atoms with Crippen LogP contribution in [0, 0.1) is 5.92 Å². The van der Waals surface area contributed by atoms with Gasteiger partial charge in [0.05, 0.1) is 11.3 Å². The number of rotatable bonds is 9. The molecule has 1 aromatic carbocycles. The van der Waals surface area contributed by atoms with Crippen molar-refractivity contribution >= 4 is 29.0 Å². The van der Waals surface area contributed by atoms with E-state index in [2.05, 4.69) is 39.9 Å². The molecule has 4 rings (SSSR count). The van der Waals surface area contributed by atoms with Crippen molar-refractivity contribution in [2.45, 2.75) is 70.6 Å². The first-order chi connectivity index (χ1) is 17.0. The maximum absolute atomic E-state index is 11.9. The molecule has 1 aliphatic heterocycles. The molecule has 0 spiro atoms. The second-order valence-electron chi connectivity index (χ2n) is 9.95. The lowest BCUT2D eigenvalue weighted by molar-refractivity contribution is -0.131. The number of carbonyl (C=O) groups is 2. The lowest BCUT2D eigenvalue weighted by Gasteiger charge is -2.32. The van der Waals surface area contributed by atoms with Crippen molar-refractivity contribution in [2.75, 3.05) is 30.3 Å². The zero-order valence-electron chi connectivity index (χ0n) is 20.9. The van der Waals surface area contributed by atoms with E-state index in [9.17, 15) is 9.59 Å². The number of primary amides is 1. The van der Waals surface area contributed by atoms with E-state index in [-0.39, 0.29) is 5.91 Å². The molecule has 0 unspecified atom stereocenters. The van der Waals surface area contributed by atoms with Crippen LogP contribution in [-0.4, -0.2) is 41.3 Å². The van der Waals surface area contributed by atoms with Crippen LogP contribution in [-0.2, 0) is 4.79 Å². The van der Waals surface area contributed by atoms with Gasteiger partial charge in [-0.05, 0) is 48.8 Å². The smallest absolute Gasteiger partial charge is 0.252 e. The van der Waals surface area contributed by atoms with Crippen LogP contribution in [0.15, 0.2) is 36.5 Å². The Morgan fingerprint density at radius 1 is 1.06 bits per heavy atom. The molecule has 2 aliphatic rings. The third kappa shape index (κ3) is 6.74. The molecular weight excluding hydrogens is 438 g/mol. The molecule has 4 N–H and O–H groups in total. The summed E-state index contributed by atoms with van der Waals surface area (Å²) in [6.45, 7) is 4.42. The fourth-order valence-corrected chi connectivity index (χ4v) is 5.43. The molecule has 0 bridgehead atoms. The molecule has 188 valence electrons. The number of nitrogens with one attached hydrogen (secondary N) is 2. The van der Waals surface area contributed by atoms with Gasteiger partial charge in [-0.1, -0.05) is 51.2 Å². The summed E-state index contributed by atoms with van der Waals surface area (Å²) in [6, 6.07) is 10.3. The highest BCUT2D eigenvalue weighted by atomic mass is 16.2. The summed E-state index contributed by atoms with van der Waals surface area (Å²) in [6.07, 6.45) is 11.9. The second kappa shape index (κ2) is 12.0. The Morgan fingerprint density at radius 2 is 1.77 bits per heavy atom. The monoisotopic (exact) mass is 477 g/mol. The molecule has 1 saturated carbocycles. The van der Waals surface area contributed by atoms with Crippen LogP contribution in [0.2, 0.25) is 0 Å². The topological polar surface area (TPSA) is 100 Å².